The van der Waals surface area contributed by atoms with Crippen molar-refractivity contribution < 1.29 is 37.4 Å². The van der Waals surface area contributed by atoms with Crippen LogP contribution in [0.25, 0.3) is 5.73 Å². The van der Waals surface area contributed by atoms with E-state index in [1.54, 1.807) is 6.20 Å². The minimum atomic E-state index is 0. The van der Waals surface area contributed by atoms with Crippen molar-refractivity contribution in [2.45, 2.75) is 18.9 Å². The number of rotatable bonds is 4. The fraction of sp³-hybridized carbons (Fsp3) is 0.583. The van der Waals surface area contributed by atoms with Crippen molar-refractivity contribution in [2.75, 3.05) is 26.7 Å². The van der Waals surface area contributed by atoms with E-state index in [0.29, 0.717) is 12.6 Å². The van der Waals surface area contributed by atoms with Crippen molar-refractivity contribution in [2.24, 2.45) is 0 Å². The van der Waals surface area contributed by atoms with Crippen molar-refractivity contribution >= 4 is 0 Å². The average Bonchev–Trinajstić information content (AvgIpc) is 2.73. The number of nitrogens with one attached hydrogen (secondary N) is 1. The second kappa shape index (κ2) is 7.42. The molecule has 0 bridgehead atoms. The minimum absolute atomic E-state index is 0. The van der Waals surface area contributed by atoms with E-state index < -0.39 is 0 Å². The number of likely N-dealkylation sites (tertiary alicyclic amines) is 1. The van der Waals surface area contributed by atoms with Crippen LogP contribution in [0.3, 0.4) is 0 Å². The van der Waals surface area contributed by atoms with Crippen LogP contribution in [-0.2, 0) is 32.7 Å². The Kier molecular flexibility index (Phi) is 6.56. The second-order valence-corrected chi connectivity index (χ2v) is 4.19. The molecule has 0 unspecified atom stereocenters. The summed E-state index contributed by atoms with van der Waals surface area (Å²) in [6.07, 6.45) is 6.08. The third-order valence-electron chi connectivity index (χ3n) is 3.01. The molecule has 1 aromatic rings. The number of hydrogen-bond acceptors (Lipinski definition) is 3. The molecule has 17 heavy (non-hydrogen) atoms. The molecule has 4 nitrogen and oxygen atoms in total. The molecule has 0 amide bonds. The molecule has 1 fully saturated rings. The number of ether oxygens (including phenoxy) is 1. The molecule has 0 spiro atoms. The standard InChI is InChI=1S/C12H18N3O.Y/c1-15-5-2-3-12(15)10-7-11(9-14-8-10)16-6-4-13;/h7-9,12-13H,2-6H2,1H3;/q-1;/t12-;/m0./s1. The van der Waals surface area contributed by atoms with E-state index in [1.165, 1.54) is 18.4 Å². The van der Waals surface area contributed by atoms with Crippen LogP contribution >= 0.6 is 0 Å². The fourth-order valence-electron chi connectivity index (χ4n) is 2.20. The van der Waals surface area contributed by atoms with Gasteiger partial charge in [-0.05, 0) is 38.1 Å². The SMILES string of the molecule is CN1CCC[C@H]1c1cncc(OCC[NH-])c1.[Y]. The van der Waals surface area contributed by atoms with Gasteiger partial charge in [0.05, 0.1) is 12.8 Å². The summed E-state index contributed by atoms with van der Waals surface area (Å²) in [7, 11) is 2.15. The smallest absolute Gasteiger partial charge is 0.137 e. The normalized spacial score (nSPS) is 20.0. The van der Waals surface area contributed by atoms with Crippen molar-refractivity contribution in [3.05, 3.63) is 29.8 Å². The Morgan fingerprint density at radius 1 is 1.53 bits per heavy atom. The molecule has 1 aliphatic heterocycles. The Bertz CT molecular complexity index is 348. The number of pyridine rings is 1. The number of nitrogens with zero attached hydrogens (tertiary/aromatic N) is 2. The van der Waals surface area contributed by atoms with Crippen LogP contribution in [0, 0.1) is 0 Å². The van der Waals surface area contributed by atoms with Gasteiger partial charge in [0, 0.05) is 44.9 Å². The molecule has 2 rings (SSSR count). The third kappa shape index (κ3) is 3.99. The van der Waals surface area contributed by atoms with Crippen LogP contribution < -0.4 is 4.74 Å². The summed E-state index contributed by atoms with van der Waals surface area (Å²) in [5.41, 5.74) is 8.28. The quantitative estimate of drug-likeness (QED) is 0.857. The zero-order chi connectivity index (χ0) is 11.4. The van der Waals surface area contributed by atoms with Gasteiger partial charge in [0.25, 0.3) is 0 Å². The van der Waals surface area contributed by atoms with Gasteiger partial charge in [-0.25, -0.2) is 0 Å². The fourth-order valence-corrected chi connectivity index (χ4v) is 2.20. The average molecular weight is 309 g/mol. The van der Waals surface area contributed by atoms with E-state index >= 15 is 0 Å². The Morgan fingerprint density at radius 3 is 3.00 bits per heavy atom. The van der Waals surface area contributed by atoms with Gasteiger partial charge in [0.2, 0.25) is 0 Å². The molecule has 0 aliphatic carbocycles. The van der Waals surface area contributed by atoms with Crippen LogP contribution in [-0.4, -0.2) is 36.6 Å². The van der Waals surface area contributed by atoms with Crippen LogP contribution in [0.1, 0.15) is 24.4 Å². The van der Waals surface area contributed by atoms with Gasteiger partial charge >= 0.3 is 0 Å². The number of hydrogen-bond donors (Lipinski definition) is 0. The van der Waals surface area contributed by atoms with Gasteiger partial charge in [0.15, 0.2) is 0 Å². The first kappa shape index (κ1) is 15.0. The van der Waals surface area contributed by atoms with Crippen LogP contribution in [0.15, 0.2) is 18.5 Å². The van der Waals surface area contributed by atoms with Gasteiger partial charge < -0.3 is 10.5 Å². The predicted octanol–water partition coefficient (Wildman–Crippen LogP) is 2.28. The minimum Gasteiger partial charge on any atom is -0.675 e. The first-order valence-corrected chi connectivity index (χ1v) is 5.74. The zero-order valence-corrected chi connectivity index (χ0v) is 13.1. The van der Waals surface area contributed by atoms with Gasteiger partial charge in [-0.1, -0.05) is 0 Å². The van der Waals surface area contributed by atoms with Crippen molar-refractivity contribution in [3.8, 4) is 5.75 Å². The maximum absolute atomic E-state index is 7.05. The molecule has 0 saturated carbocycles. The molecule has 0 aromatic carbocycles. The maximum atomic E-state index is 7.05. The van der Waals surface area contributed by atoms with Crippen LogP contribution in [0.5, 0.6) is 5.75 Å². The van der Waals surface area contributed by atoms with E-state index in [-0.39, 0.29) is 39.3 Å². The molecular formula is C12H18N3OY-. The summed E-state index contributed by atoms with van der Waals surface area (Å²) in [6.45, 7) is 1.88. The van der Waals surface area contributed by atoms with Crippen LogP contribution in [0.2, 0.25) is 0 Å². The van der Waals surface area contributed by atoms with Crippen molar-refractivity contribution in [1.29, 1.82) is 0 Å². The molecule has 1 atom stereocenters. The van der Waals surface area contributed by atoms with Crippen LogP contribution in [0.4, 0.5) is 0 Å². The molecule has 1 radical (unpaired) electrons. The molecule has 2 heterocycles. The summed E-state index contributed by atoms with van der Waals surface area (Å²) in [6, 6.07) is 2.53. The molecule has 1 aromatic heterocycles. The summed E-state index contributed by atoms with van der Waals surface area (Å²) >= 11 is 0. The monoisotopic (exact) mass is 309 g/mol. The molecule has 1 saturated heterocycles. The first-order chi connectivity index (χ1) is 7.81. The Morgan fingerprint density at radius 2 is 2.35 bits per heavy atom. The predicted molar refractivity (Wildman–Crippen MR) is 63.5 cm³/mol. The molecule has 1 N–H and O–H groups in total. The summed E-state index contributed by atoms with van der Waals surface area (Å²) < 4.78 is 5.42. The molecule has 5 heteroatoms. The van der Waals surface area contributed by atoms with E-state index in [1.807, 2.05) is 6.20 Å². The third-order valence-corrected chi connectivity index (χ3v) is 3.01. The van der Waals surface area contributed by atoms with E-state index in [0.717, 1.165) is 12.3 Å². The topological polar surface area (TPSA) is 49.2 Å². The van der Waals surface area contributed by atoms with Crippen molar-refractivity contribution in [1.82, 2.24) is 9.88 Å². The Balaban J connectivity index is 0.00000144. The molecular weight excluding hydrogens is 291 g/mol. The summed E-state index contributed by atoms with van der Waals surface area (Å²) in [4.78, 5) is 6.56. The van der Waals surface area contributed by atoms with Gasteiger partial charge in [-0.3, -0.25) is 9.88 Å². The number of aromatic nitrogens is 1. The zero-order valence-electron chi connectivity index (χ0n) is 10.2. The Hall–Kier alpha value is -0.0261. The largest absolute Gasteiger partial charge is 0.675 e. The summed E-state index contributed by atoms with van der Waals surface area (Å²) in [5, 5.41) is 0. The van der Waals surface area contributed by atoms with E-state index in [4.69, 9.17) is 10.5 Å². The van der Waals surface area contributed by atoms with E-state index in [2.05, 4.69) is 23.0 Å². The molecule has 91 valence electrons. The maximum Gasteiger partial charge on any atom is 0.137 e. The first-order valence-electron chi connectivity index (χ1n) is 5.74. The van der Waals surface area contributed by atoms with E-state index in [9.17, 15) is 0 Å². The van der Waals surface area contributed by atoms with Gasteiger partial charge in [0.1, 0.15) is 5.75 Å². The van der Waals surface area contributed by atoms with Gasteiger partial charge in [-0.15, -0.1) is 6.54 Å². The van der Waals surface area contributed by atoms with Crippen molar-refractivity contribution in [3.63, 3.8) is 0 Å². The Labute approximate surface area is 128 Å². The molecule has 1 aliphatic rings. The second-order valence-electron chi connectivity index (χ2n) is 4.19. The van der Waals surface area contributed by atoms with Gasteiger partial charge in [-0.2, -0.15) is 0 Å². The summed E-state index contributed by atoms with van der Waals surface area (Å²) in [5.74, 6) is 0.782.